The van der Waals surface area contributed by atoms with E-state index < -0.39 is 29.8 Å². The molecule has 0 heterocycles. The average Bonchev–Trinajstić information content (AvgIpc) is 2.43. The van der Waals surface area contributed by atoms with E-state index in [0.717, 1.165) is 0 Å². The Hall–Kier alpha value is -2.30. The van der Waals surface area contributed by atoms with Crippen LogP contribution in [0, 0.1) is 0 Å². The molecule has 0 fully saturated rings. The molecule has 5 heteroatoms. The summed E-state index contributed by atoms with van der Waals surface area (Å²) >= 11 is 0. The molecule has 128 valence electrons. The monoisotopic (exact) mass is 321 g/mol. The van der Waals surface area contributed by atoms with Gasteiger partial charge in [-0.1, -0.05) is 25.3 Å². The highest BCUT2D eigenvalue weighted by Gasteiger charge is 2.32. The molecule has 0 aliphatic carbocycles. The quantitative estimate of drug-likeness (QED) is 0.389. The number of carbonyl (C=O) groups is 2. The van der Waals surface area contributed by atoms with Crippen LogP contribution in [-0.2, 0) is 14.3 Å². The van der Waals surface area contributed by atoms with Crippen molar-refractivity contribution in [2.24, 2.45) is 0 Å². The lowest BCUT2D eigenvalue weighted by molar-refractivity contribution is -0.144. The zero-order valence-electron chi connectivity index (χ0n) is 14.5. The molecule has 0 aliphatic heterocycles. The van der Waals surface area contributed by atoms with Gasteiger partial charge >= 0.3 is 12.1 Å². The molecule has 0 aromatic carbocycles. The summed E-state index contributed by atoms with van der Waals surface area (Å²) in [6, 6.07) is -0.636. The Morgan fingerprint density at radius 3 is 2.09 bits per heavy atom. The molecular formula is C18H27NO4. The minimum atomic E-state index is -0.774. The summed E-state index contributed by atoms with van der Waals surface area (Å²) in [6.07, 6.45) is 3.17. The third kappa shape index (κ3) is 7.00. The molecule has 0 aliphatic rings. The highest BCUT2D eigenvalue weighted by atomic mass is 16.6. The second-order valence-corrected chi connectivity index (χ2v) is 6.03. The Morgan fingerprint density at radius 2 is 1.74 bits per heavy atom. The number of carbonyl (C=O) groups excluding carboxylic acids is 2. The Morgan fingerprint density at radius 1 is 1.17 bits per heavy atom. The van der Waals surface area contributed by atoms with Crippen molar-refractivity contribution in [2.45, 2.75) is 45.4 Å². The number of nitrogens with zero attached hydrogens (tertiary/aromatic N) is 1. The summed E-state index contributed by atoms with van der Waals surface area (Å²) in [7, 11) is 0. The molecular weight excluding hydrogens is 294 g/mol. The smallest absolute Gasteiger partial charge is 0.411 e. The van der Waals surface area contributed by atoms with Crippen LogP contribution in [0.5, 0.6) is 0 Å². The van der Waals surface area contributed by atoms with Crippen molar-refractivity contribution in [2.75, 3.05) is 6.54 Å². The number of amides is 1. The van der Waals surface area contributed by atoms with Gasteiger partial charge < -0.3 is 9.47 Å². The van der Waals surface area contributed by atoms with Gasteiger partial charge in [-0.05, 0) is 33.8 Å². The molecule has 1 amide bonds. The fraction of sp³-hybridized carbons (Fsp3) is 0.444. The number of ether oxygens (including phenoxy) is 2. The van der Waals surface area contributed by atoms with E-state index in [2.05, 4.69) is 26.3 Å². The van der Waals surface area contributed by atoms with Gasteiger partial charge in [0.25, 0.3) is 0 Å². The van der Waals surface area contributed by atoms with Crippen molar-refractivity contribution in [3.8, 4) is 0 Å². The third-order valence-electron chi connectivity index (χ3n) is 2.72. The van der Waals surface area contributed by atoms with Crippen LogP contribution in [0.15, 0.2) is 50.1 Å². The van der Waals surface area contributed by atoms with Crippen molar-refractivity contribution >= 4 is 12.1 Å². The predicted molar refractivity (Wildman–Crippen MR) is 92.0 cm³/mol. The summed E-state index contributed by atoms with van der Waals surface area (Å²) in [5, 5.41) is 0. The first-order valence-electron chi connectivity index (χ1n) is 7.29. The molecule has 0 rings (SSSR count). The molecule has 0 N–H and O–H groups in total. The molecule has 0 unspecified atom stereocenters. The summed E-state index contributed by atoms with van der Waals surface area (Å²) in [5.41, 5.74) is -0.396. The van der Waals surface area contributed by atoms with Crippen LogP contribution in [-0.4, -0.2) is 41.3 Å². The first kappa shape index (κ1) is 20.7. The highest BCUT2D eigenvalue weighted by molar-refractivity contribution is 5.87. The van der Waals surface area contributed by atoms with Crippen LogP contribution in [0.4, 0.5) is 4.79 Å². The standard InChI is InChI=1S/C18H27NO4/c1-9-12-19(17(21)23-18(6,7)8)14(10-2)15(11-3)22-16(20)13(4)5/h9-11,14-15H,1-4,12H2,5-8H3/t14-,15+/m0/s1. The maximum atomic E-state index is 12.4. The van der Waals surface area contributed by atoms with Crippen molar-refractivity contribution in [3.05, 3.63) is 50.1 Å². The third-order valence-corrected chi connectivity index (χ3v) is 2.72. The maximum absolute atomic E-state index is 12.4. The molecule has 0 bridgehead atoms. The van der Waals surface area contributed by atoms with Crippen molar-refractivity contribution in [1.82, 2.24) is 4.90 Å². The Balaban J connectivity index is 5.42. The first-order valence-corrected chi connectivity index (χ1v) is 7.29. The minimum Gasteiger partial charge on any atom is -0.452 e. The van der Waals surface area contributed by atoms with Gasteiger partial charge in [0.2, 0.25) is 0 Å². The number of rotatable bonds is 8. The first-order chi connectivity index (χ1) is 10.6. The van der Waals surface area contributed by atoms with Crippen LogP contribution >= 0.6 is 0 Å². The van der Waals surface area contributed by atoms with E-state index in [-0.39, 0.29) is 12.1 Å². The average molecular weight is 321 g/mol. The highest BCUT2D eigenvalue weighted by Crippen LogP contribution is 2.17. The topological polar surface area (TPSA) is 55.8 Å². The lowest BCUT2D eigenvalue weighted by Crippen LogP contribution is -2.48. The van der Waals surface area contributed by atoms with Crippen LogP contribution < -0.4 is 0 Å². The minimum absolute atomic E-state index is 0.209. The van der Waals surface area contributed by atoms with Crippen LogP contribution in [0.3, 0.4) is 0 Å². The van der Waals surface area contributed by atoms with Crippen LogP contribution in [0.1, 0.15) is 27.7 Å². The van der Waals surface area contributed by atoms with E-state index in [1.165, 1.54) is 17.1 Å². The molecule has 0 aromatic heterocycles. The van der Waals surface area contributed by atoms with Gasteiger partial charge in [-0.3, -0.25) is 4.90 Å². The fourth-order valence-electron chi connectivity index (χ4n) is 1.70. The molecule has 5 nitrogen and oxygen atoms in total. The predicted octanol–water partition coefficient (Wildman–Crippen LogP) is 3.64. The van der Waals surface area contributed by atoms with Crippen LogP contribution in [0.25, 0.3) is 0 Å². The number of hydrogen-bond acceptors (Lipinski definition) is 4. The molecule has 23 heavy (non-hydrogen) atoms. The summed E-state index contributed by atoms with van der Waals surface area (Å²) in [6.45, 7) is 21.6. The van der Waals surface area contributed by atoms with Crippen molar-refractivity contribution in [1.29, 1.82) is 0 Å². The largest absolute Gasteiger partial charge is 0.452 e. The normalized spacial score (nSPS) is 13.2. The zero-order valence-corrected chi connectivity index (χ0v) is 14.5. The van der Waals surface area contributed by atoms with Gasteiger partial charge in [0.05, 0.1) is 6.04 Å². The second-order valence-electron chi connectivity index (χ2n) is 6.03. The van der Waals surface area contributed by atoms with Gasteiger partial charge in [0, 0.05) is 12.1 Å². The Bertz CT molecular complexity index is 488. The zero-order chi connectivity index (χ0) is 18.2. The lowest BCUT2D eigenvalue weighted by Gasteiger charge is -2.34. The summed E-state index contributed by atoms with van der Waals surface area (Å²) < 4.78 is 10.7. The summed E-state index contributed by atoms with van der Waals surface area (Å²) in [4.78, 5) is 25.5. The SMILES string of the molecule is C=CCN(C(=O)OC(C)(C)C)[C@@H](C=C)[C@@H](C=C)OC(=O)C(=C)C. The molecule has 0 spiro atoms. The van der Waals surface area contributed by atoms with Gasteiger partial charge in [-0.15, -0.1) is 13.2 Å². The maximum Gasteiger partial charge on any atom is 0.411 e. The van der Waals surface area contributed by atoms with Gasteiger partial charge in [0.1, 0.15) is 11.7 Å². The van der Waals surface area contributed by atoms with Crippen molar-refractivity contribution in [3.63, 3.8) is 0 Å². The van der Waals surface area contributed by atoms with E-state index in [1.807, 2.05) is 0 Å². The summed E-state index contributed by atoms with van der Waals surface area (Å²) in [5.74, 6) is -0.565. The Labute approximate surface area is 138 Å². The molecule has 0 saturated carbocycles. The van der Waals surface area contributed by atoms with Gasteiger partial charge in [-0.25, -0.2) is 9.59 Å². The Kier molecular flexibility index (Phi) is 8.08. The lowest BCUT2D eigenvalue weighted by atomic mass is 10.1. The van der Waals surface area contributed by atoms with E-state index in [0.29, 0.717) is 0 Å². The van der Waals surface area contributed by atoms with Crippen molar-refractivity contribution < 1.29 is 19.1 Å². The van der Waals surface area contributed by atoms with E-state index in [9.17, 15) is 9.59 Å². The van der Waals surface area contributed by atoms with E-state index in [4.69, 9.17) is 9.47 Å². The number of hydrogen-bond donors (Lipinski definition) is 0. The molecule has 0 saturated heterocycles. The molecule has 0 radical (unpaired) electrons. The van der Waals surface area contributed by atoms with E-state index >= 15 is 0 Å². The van der Waals surface area contributed by atoms with Gasteiger partial charge in [0.15, 0.2) is 0 Å². The fourth-order valence-corrected chi connectivity index (χ4v) is 1.70. The molecule has 0 aromatic rings. The molecule has 2 atom stereocenters. The van der Waals surface area contributed by atoms with Gasteiger partial charge in [-0.2, -0.15) is 0 Å². The number of esters is 1. The van der Waals surface area contributed by atoms with E-state index in [1.54, 1.807) is 33.8 Å². The van der Waals surface area contributed by atoms with Crippen LogP contribution in [0.2, 0.25) is 0 Å². The second kappa shape index (κ2) is 8.98.